The molecular weight excluding hydrogens is 414 g/mol. The van der Waals surface area contributed by atoms with Crippen LogP contribution in [0.3, 0.4) is 0 Å². The lowest BCUT2D eigenvalue weighted by Gasteiger charge is -2.26. The lowest BCUT2D eigenvalue weighted by Crippen LogP contribution is -2.38. The molecule has 0 spiro atoms. The van der Waals surface area contributed by atoms with Crippen LogP contribution >= 0.6 is 0 Å². The van der Waals surface area contributed by atoms with Crippen LogP contribution in [0.4, 0.5) is 5.69 Å². The van der Waals surface area contributed by atoms with Gasteiger partial charge in [-0.3, -0.25) is 19.1 Å². The Morgan fingerprint density at radius 1 is 1.06 bits per heavy atom. The van der Waals surface area contributed by atoms with E-state index in [0.29, 0.717) is 11.4 Å². The topological polar surface area (TPSA) is 70.5 Å². The van der Waals surface area contributed by atoms with Crippen molar-refractivity contribution in [1.29, 1.82) is 0 Å². The predicted molar refractivity (Wildman–Crippen MR) is 134 cm³/mol. The maximum absolute atomic E-state index is 13.7. The van der Waals surface area contributed by atoms with Gasteiger partial charge in [0.1, 0.15) is 12.4 Å². The van der Waals surface area contributed by atoms with E-state index < -0.39 is 0 Å². The van der Waals surface area contributed by atoms with Gasteiger partial charge in [-0.25, -0.2) is 4.98 Å². The van der Waals surface area contributed by atoms with E-state index in [2.05, 4.69) is 35.0 Å². The zero-order valence-corrected chi connectivity index (χ0v) is 20.6. The molecule has 1 N–H and O–H groups in total. The van der Waals surface area contributed by atoms with E-state index in [9.17, 15) is 9.59 Å². The highest BCUT2D eigenvalue weighted by atomic mass is 16.2. The molecule has 1 saturated carbocycles. The molecule has 0 bridgehead atoms. The highest BCUT2D eigenvalue weighted by Crippen LogP contribution is 2.33. The average Bonchev–Trinajstić information content (AvgIpc) is 3.18. The van der Waals surface area contributed by atoms with Gasteiger partial charge in [-0.05, 0) is 65.2 Å². The van der Waals surface area contributed by atoms with Crippen LogP contribution in [0.15, 0.2) is 23.0 Å². The Balaban J connectivity index is 1.70. The number of hydrogen-bond donors (Lipinski definition) is 1. The third-order valence-electron chi connectivity index (χ3n) is 7.06. The first kappa shape index (κ1) is 23.7. The van der Waals surface area contributed by atoms with Crippen LogP contribution in [-0.4, -0.2) is 58.6 Å². The smallest absolute Gasteiger partial charge is 0.261 e. The number of hydrogen-bond acceptors (Lipinski definition) is 5. The van der Waals surface area contributed by atoms with Gasteiger partial charge in [0.05, 0.1) is 10.9 Å². The van der Waals surface area contributed by atoms with Crippen LogP contribution in [0.1, 0.15) is 71.5 Å². The van der Waals surface area contributed by atoms with Crippen LogP contribution in [-0.2, 0) is 11.3 Å². The Bertz CT molecular complexity index is 1040. The molecule has 2 heterocycles. The van der Waals surface area contributed by atoms with Crippen molar-refractivity contribution in [3.8, 4) is 0 Å². The lowest BCUT2D eigenvalue weighted by atomic mass is 10.1. The molecule has 4 rings (SSSR count). The number of rotatable bonds is 6. The number of aromatic nitrogens is 2. The number of fused-ring (bicyclic) bond motifs is 1. The molecule has 2 fully saturated rings. The monoisotopic (exact) mass is 453 g/mol. The Morgan fingerprint density at radius 2 is 1.82 bits per heavy atom. The average molecular weight is 454 g/mol. The van der Waals surface area contributed by atoms with Crippen molar-refractivity contribution in [2.45, 2.75) is 84.3 Å². The number of carbonyl (C=O) groups excluding carboxylic acids is 1. The summed E-state index contributed by atoms with van der Waals surface area (Å²) in [7, 11) is 0. The predicted octanol–water partition coefficient (Wildman–Crippen LogP) is 3.50. The van der Waals surface area contributed by atoms with Gasteiger partial charge in [-0.2, -0.15) is 0 Å². The van der Waals surface area contributed by atoms with Gasteiger partial charge in [0.15, 0.2) is 0 Å². The Morgan fingerprint density at radius 3 is 2.52 bits per heavy atom. The second kappa shape index (κ2) is 10.2. The highest BCUT2D eigenvalue weighted by molar-refractivity contribution is 5.83. The molecule has 0 radical (unpaired) electrons. The maximum Gasteiger partial charge on any atom is 0.261 e. The molecule has 7 heteroatoms. The van der Waals surface area contributed by atoms with Crippen LogP contribution in [0.5, 0.6) is 0 Å². The summed E-state index contributed by atoms with van der Waals surface area (Å²) < 4.78 is 1.64. The summed E-state index contributed by atoms with van der Waals surface area (Å²) in [6.45, 7) is 12.4. The van der Waals surface area contributed by atoms with E-state index >= 15 is 0 Å². The molecule has 0 unspecified atom stereocenters. The van der Waals surface area contributed by atoms with Gasteiger partial charge in [-0.1, -0.05) is 12.8 Å². The van der Waals surface area contributed by atoms with Crippen LogP contribution in [0, 0.1) is 0 Å². The second-order valence-electron chi connectivity index (χ2n) is 10.2. The fourth-order valence-corrected chi connectivity index (χ4v) is 5.29. The van der Waals surface area contributed by atoms with Gasteiger partial charge < -0.3 is 10.2 Å². The fourth-order valence-electron chi connectivity index (χ4n) is 5.29. The molecule has 1 saturated heterocycles. The Kier molecular flexibility index (Phi) is 7.37. The molecule has 7 nitrogen and oxygen atoms in total. The Labute approximate surface area is 197 Å². The van der Waals surface area contributed by atoms with E-state index in [1.165, 1.54) is 0 Å². The number of carbonyl (C=O) groups is 1. The van der Waals surface area contributed by atoms with Gasteiger partial charge in [0.25, 0.3) is 5.56 Å². The molecule has 180 valence electrons. The summed E-state index contributed by atoms with van der Waals surface area (Å²) in [5.74, 6) is 0.894. The van der Waals surface area contributed by atoms with Gasteiger partial charge in [0, 0.05) is 49.9 Å². The zero-order chi connectivity index (χ0) is 23.5. The van der Waals surface area contributed by atoms with Crippen LogP contribution < -0.4 is 15.8 Å². The van der Waals surface area contributed by atoms with Gasteiger partial charge in [-0.15, -0.1) is 0 Å². The zero-order valence-electron chi connectivity index (χ0n) is 20.6. The summed E-state index contributed by atoms with van der Waals surface area (Å²) in [6, 6.07) is 6.67. The maximum atomic E-state index is 13.7. The quantitative estimate of drug-likeness (QED) is 0.725. The van der Waals surface area contributed by atoms with E-state index in [0.717, 1.165) is 75.3 Å². The van der Waals surface area contributed by atoms with Crippen molar-refractivity contribution in [2.24, 2.45) is 0 Å². The van der Waals surface area contributed by atoms with Crippen LogP contribution in [0.25, 0.3) is 10.9 Å². The number of anilines is 1. The van der Waals surface area contributed by atoms with E-state index in [-0.39, 0.29) is 30.0 Å². The van der Waals surface area contributed by atoms with Crippen molar-refractivity contribution >= 4 is 22.5 Å². The largest absolute Gasteiger partial charge is 0.370 e. The summed E-state index contributed by atoms with van der Waals surface area (Å²) >= 11 is 0. The minimum atomic E-state index is -0.134. The molecule has 2 aromatic rings. The number of amides is 1. The summed E-state index contributed by atoms with van der Waals surface area (Å²) in [4.78, 5) is 36.1. The highest BCUT2D eigenvalue weighted by Gasteiger charge is 2.25. The molecule has 1 aliphatic carbocycles. The lowest BCUT2D eigenvalue weighted by molar-refractivity contribution is -0.122. The number of nitrogens with zero attached hydrogens (tertiary/aromatic N) is 4. The van der Waals surface area contributed by atoms with Crippen molar-refractivity contribution in [1.82, 2.24) is 19.8 Å². The number of nitrogens with one attached hydrogen (secondary N) is 1. The van der Waals surface area contributed by atoms with Crippen molar-refractivity contribution in [3.05, 3.63) is 34.4 Å². The summed E-state index contributed by atoms with van der Waals surface area (Å²) in [5.41, 5.74) is 1.71. The minimum absolute atomic E-state index is 0.0308. The Hall–Kier alpha value is -2.41. The van der Waals surface area contributed by atoms with E-state index in [1.807, 2.05) is 26.0 Å². The van der Waals surface area contributed by atoms with Crippen molar-refractivity contribution in [3.63, 3.8) is 0 Å². The van der Waals surface area contributed by atoms with Gasteiger partial charge in [0.2, 0.25) is 5.91 Å². The standard InChI is InChI=1S/C26H39N5O2/c1-18(2)27-24(32)17-31-25(20-8-5-6-9-20)28-23-11-10-21(16-22(23)26(31)33)30-13-7-12-29(14-15-30)19(3)4/h10-11,16,18-20H,5-9,12-15,17H2,1-4H3,(H,27,32). The number of benzene rings is 1. The second-order valence-corrected chi connectivity index (χ2v) is 10.2. The normalized spacial score (nSPS) is 18.4. The first-order valence-corrected chi connectivity index (χ1v) is 12.7. The third-order valence-corrected chi connectivity index (χ3v) is 7.06. The molecule has 1 aliphatic heterocycles. The molecule has 1 aromatic heterocycles. The minimum Gasteiger partial charge on any atom is -0.370 e. The summed E-state index contributed by atoms with van der Waals surface area (Å²) in [6.07, 6.45) is 5.47. The molecule has 1 amide bonds. The molecule has 1 aromatic carbocycles. The molecular formula is C26H39N5O2. The van der Waals surface area contributed by atoms with Crippen molar-refractivity contribution < 1.29 is 4.79 Å². The molecule has 33 heavy (non-hydrogen) atoms. The molecule has 0 atom stereocenters. The van der Waals surface area contributed by atoms with Gasteiger partial charge >= 0.3 is 0 Å². The molecule has 2 aliphatic rings. The fraction of sp³-hybridized carbons (Fsp3) is 0.654. The van der Waals surface area contributed by atoms with E-state index in [1.54, 1.807) is 4.57 Å². The van der Waals surface area contributed by atoms with E-state index in [4.69, 9.17) is 4.98 Å². The third kappa shape index (κ3) is 5.40. The summed E-state index contributed by atoms with van der Waals surface area (Å²) in [5, 5.41) is 3.54. The van der Waals surface area contributed by atoms with Crippen LogP contribution in [0.2, 0.25) is 0 Å². The first-order chi connectivity index (χ1) is 15.8. The first-order valence-electron chi connectivity index (χ1n) is 12.7. The van der Waals surface area contributed by atoms with Crippen molar-refractivity contribution in [2.75, 3.05) is 31.1 Å². The SMILES string of the molecule is CC(C)NC(=O)Cn1c(C2CCCC2)nc2ccc(N3CCCN(C(C)C)CC3)cc2c1=O.